The summed E-state index contributed by atoms with van der Waals surface area (Å²) < 4.78 is 6.64. The molecule has 1 heterocycles. The van der Waals surface area contributed by atoms with Gasteiger partial charge in [-0.1, -0.05) is 24.3 Å². The maximum absolute atomic E-state index is 5.97. The van der Waals surface area contributed by atoms with Crippen molar-refractivity contribution in [2.75, 3.05) is 11.9 Å². The molecular weight excluding hydrogens is 328 g/mol. The molecule has 0 aliphatic heterocycles. The number of benzene rings is 2. The van der Waals surface area contributed by atoms with Crippen molar-refractivity contribution in [3.8, 4) is 0 Å². The number of hydrogen-bond acceptors (Lipinski definition) is 3. The van der Waals surface area contributed by atoms with Gasteiger partial charge in [-0.3, -0.25) is 0 Å². The van der Waals surface area contributed by atoms with E-state index in [-0.39, 0.29) is 6.04 Å². The van der Waals surface area contributed by atoms with Crippen LogP contribution < -0.4 is 11.1 Å². The predicted octanol–water partition coefficient (Wildman–Crippen LogP) is 4.62. The molecule has 1 aromatic heterocycles. The Labute approximate surface area is 132 Å². The van der Waals surface area contributed by atoms with Gasteiger partial charge in [0.05, 0.1) is 12.3 Å². The topological polar surface area (TPSA) is 51.2 Å². The molecule has 3 aromatic rings. The maximum atomic E-state index is 5.97. The maximum Gasteiger partial charge on any atom is 0.134 e. The van der Waals surface area contributed by atoms with Crippen LogP contribution in [0.25, 0.3) is 11.0 Å². The molecule has 0 saturated heterocycles. The van der Waals surface area contributed by atoms with Crippen LogP contribution >= 0.6 is 15.9 Å². The van der Waals surface area contributed by atoms with Crippen LogP contribution in [0.5, 0.6) is 0 Å². The summed E-state index contributed by atoms with van der Waals surface area (Å²) in [6.07, 6.45) is 1.79. The molecule has 0 aliphatic carbocycles. The standard InChI is InChI=1S/C17H17BrN2O/c1-11-6-7-14(18)15(8-11)20-16(9-19)13-10-21-17-5-3-2-4-12(13)17/h2-8,10,16,20H,9,19H2,1H3. The second kappa shape index (κ2) is 5.92. The second-order valence-electron chi connectivity index (χ2n) is 5.10. The number of aryl methyl sites for hydroxylation is 1. The van der Waals surface area contributed by atoms with Gasteiger partial charge in [0.2, 0.25) is 0 Å². The smallest absolute Gasteiger partial charge is 0.134 e. The zero-order valence-electron chi connectivity index (χ0n) is 11.8. The minimum Gasteiger partial charge on any atom is -0.464 e. The summed E-state index contributed by atoms with van der Waals surface area (Å²) in [4.78, 5) is 0. The van der Waals surface area contributed by atoms with E-state index in [9.17, 15) is 0 Å². The lowest BCUT2D eigenvalue weighted by atomic mass is 10.1. The van der Waals surface area contributed by atoms with Crippen molar-refractivity contribution < 1.29 is 4.42 Å². The van der Waals surface area contributed by atoms with Crippen molar-refractivity contribution in [1.82, 2.24) is 0 Å². The molecule has 0 bridgehead atoms. The molecule has 0 saturated carbocycles. The number of anilines is 1. The Morgan fingerprint density at radius 1 is 1.24 bits per heavy atom. The van der Waals surface area contributed by atoms with E-state index >= 15 is 0 Å². The summed E-state index contributed by atoms with van der Waals surface area (Å²) in [6, 6.07) is 14.2. The van der Waals surface area contributed by atoms with Gasteiger partial charge in [0.25, 0.3) is 0 Å². The minimum atomic E-state index is 0.00625. The van der Waals surface area contributed by atoms with E-state index in [0.29, 0.717) is 6.54 Å². The first kappa shape index (κ1) is 14.2. The van der Waals surface area contributed by atoms with Crippen LogP contribution in [0.2, 0.25) is 0 Å². The Balaban J connectivity index is 1.97. The molecule has 21 heavy (non-hydrogen) atoms. The third-order valence-corrected chi connectivity index (χ3v) is 4.27. The summed E-state index contributed by atoms with van der Waals surface area (Å²) in [5.41, 5.74) is 10.2. The summed E-state index contributed by atoms with van der Waals surface area (Å²) in [6.45, 7) is 2.56. The van der Waals surface area contributed by atoms with E-state index in [1.165, 1.54) is 5.56 Å². The van der Waals surface area contributed by atoms with E-state index < -0.39 is 0 Å². The molecule has 4 heteroatoms. The third kappa shape index (κ3) is 2.82. The van der Waals surface area contributed by atoms with Crippen LogP contribution in [0.4, 0.5) is 5.69 Å². The third-order valence-electron chi connectivity index (χ3n) is 3.57. The van der Waals surface area contributed by atoms with Crippen molar-refractivity contribution in [3.05, 3.63) is 64.3 Å². The van der Waals surface area contributed by atoms with Crippen LogP contribution in [0, 0.1) is 6.92 Å². The number of hydrogen-bond donors (Lipinski definition) is 2. The first-order valence-corrected chi connectivity index (χ1v) is 7.67. The first-order valence-electron chi connectivity index (χ1n) is 6.88. The summed E-state index contributed by atoms with van der Waals surface area (Å²) in [7, 11) is 0. The minimum absolute atomic E-state index is 0.00625. The highest BCUT2D eigenvalue weighted by atomic mass is 79.9. The zero-order chi connectivity index (χ0) is 14.8. The lowest BCUT2D eigenvalue weighted by molar-refractivity contribution is 0.604. The van der Waals surface area contributed by atoms with Crippen molar-refractivity contribution >= 4 is 32.6 Å². The van der Waals surface area contributed by atoms with Crippen LogP contribution in [0.3, 0.4) is 0 Å². The number of nitrogens with one attached hydrogen (secondary N) is 1. The molecular formula is C17H17BrN2O. The van der Waals surface area contributed by atoms with Gasteiger partial charge in [0, 0.05) is 27.7 Å². The number of furan rings is 1. The van der Waals surface area contributed by atoms with E-state index in [4.69, 9.17) is 10.2 Å². The van der Waals surface area contributed by atoms with Gasteiger partial charge in [-0.2, -0.15) is 0 Å². The highest BCUT2D eigenvalue weighted by molar-refractivity contribution is 9.10. The predicted molar refractivity (Wildman–Crippen MR) is 90.5 cm³/mol. The van der Waals surface area contributed by atoms with Crippen molar-refractivity contribution in [2.45, 2.75) is 13.0 Å². The van der Waals surface area contributed by atoms with Crippen molar-refractivity contribution in [1.29, 1.82) is 0 Å². The number of rotatable bonds is 4. The van der Waals surface area contributed by atoms with Crippen molar-refractivity contribution in [2.24, 2.45) is 5.73 Å². The van der Waals surface area contributed by atoms with Gasteiger partial charge in [-0.05, 0) is 46.6 Å². The quantitative estimate of drug-likeness (QED) is 0.726. The SMILES string of the molecule is Cc1ccc(Br)c(NC(CN)c2coc3ccccc23)c1. The molecule has 3 N–H and O–H groups in total. The monoisotopic (exact) mass is 344 g/mol. The summed E-state index contributed by atoms with van der Waals surface area (Å²) >= 11 is 3.57. The molecule has 0 amide bonds. The van der Waals surface area contributed by atoms with E-state index in [1.54, 1.807) is 6.26 Å². The van der Waals surface area contributed by atoms with Crippen molar-refractivity contribution in [3.63, 3.8) is 0 Å². The van der Waals surface area contributed by atoms with E-state index in [1.807, 2.05) is 24.3 Å². The Bertz CT molecular complexity index is 766. The molecule has 0 fully saturated rings. The number of halogens is 1. The number of para-hydroxylation sites is 1. The molecule has 1 atom stereocenters. The lowest BCUT2D eigenvalue weighted by Crippen LogP contribution is -2.20. The van der Waals surface area contributed by atoms with Crippen LogP contribution in [-0.2, 0) is 0 Å². The fraction of sp³-hybridized carbons (Fsp3) is 0.176. The molecule has 108 valence electrons. The molecule has 0 aliphatic rings. The van der Waals surface area contributed by atoms with E-state index in [0.717, 1.165) is 26.7 Å². The van der Waals surface area contributed by atoms with Gasteiger partial charge in [-0.15, -0.1) is 0 Å². The van der Waals surface area contributed by atoms with Gasteiger partial charge in [0.15, 0.2) is 0 Å². The zero-order valence-corrected chi connectivity index (χ0v) is 13.4. The fourth-order valence-corrected chi connectivity index (χ4v) is 2.83. The van der Waals surface area contributed by atoms with E-state index in [2.05, 4.69) is 46.4 Å². The van der Waals surface area contributed by atoms with Gasteiger partial charge in [0.1, 0.15) is 5.58 Å². The average Bonchev–Trinajstić information content (AvgIpc) is 2.92. The Hall–Kier alpha value is -1.78. The highest BCUT2D eigenvalue weighted by Gasteiger charge is 2.16. The van der Waals surface area contributed by atoms with Gasteiger partial charge >= 0.3 is 0 Å². The van der Waals surface area contributed by atoms with Gasteiger partial charge < -0.3 is 15.5 Å². The van der Waals surface area contributed by atoms with Gasteiger partial charge in [-0.25, -0.2) is 0 Å². The Morgan fingerprint density at radius 3 is 2.86 bits per heavy atom. The molecule has 3 nitrogen and oxygen atoms in total. The first-order chi connectivity index (χ1) is 10.2. The average molecular weight is 345 g/mol. The highest BCUT2D eigenvalue weighted by Crippen LogP contribution is 2.31. The number of fused-ring (bicyclic) bond motifs is 1. The molecule has 0 radical (unpaired) electrons. The molecule has 0 spiro atoms. The largest absolute Gasteiger partial charge is 0.464 e. The summed E-state index contributed by atoms with van der Waals surface area (Å²) in [5.74, 6) is 0. The molecule has 1 unspecified atom stereocenters. The fourth-order valence-electron chi connectivity index (χ4n) is 2.47. The molecule has 2 aromatic carbocycles. The van der Waals surface area contributed by atoms with Crippen LogP contribution in [0.1, 0.15) is 17.2 Å². The van der Waals surface area contributed by atoms with Crippen LogP contribution in [-0.4, -0.2) is 6.54 Å². The normalized spacial score (nSPS) is 12.5. The summed E-state index contributed by atoms with van der Waals surface area (Å²) in [5, 5.41) is 4.60. The Kier molecular flexibility index (Phi) is 3.99. The second-order valence-corrected chi connectivity index (χ2v) is 5.96. The molecule has 3 rings (SSSR count). The Morgan fingerprint density at radius 2 is 2.05 bits per heavy atom. The van der Waals surface area contributed by atoms with Crippen LogP contribution in [0.15, 0.2) is 57.6 Å². The lowest BCUT2D eigenvalue weighted by Gasteiger charge is -2.19. The number of nitrogens with two attached hydrogens (primary N) is 1.